The molecule has 0 unspecified atom stereocenters. The number of piperidine rings is 2. The lowest BCUT2D eigenvalue weighted by Gasteiger charge is -2.44. The molecule has 1 aromatic carbocycles. The van der Waals surface area contributed by atoms with Gasteiger partial charge in [0.2, 0.25) is 0 Å². The number of nitrogens with one attached hydrogen (secondary N) is 1. The van der Waals surface area contributed by atoms with Gasteiger partial charge in [0.05, 0.1) is 11.4 Å². The number of carbonyl (C=O) groups is 1. The van der Waals surface area contributed by atoms with E-state index in [0.717, 1.165) is 23.6 Å². The van der Waals surface area contributed by atoms with Crippen LogP contribution in [0.2, 0.25) is 0 Å². The molecule has 2 aromatic rings. The third-order valence-electron chi connectivity index (χ3n) is 6.12. The molecule has 2 fully saturated rings. The van der Waals surface area contributed by atoms with Gasteiger partial charge in [0, 0.05) is 23.8 Å². The van der Waals surface area contributed by atoms with Crippen molar-refractivity contribution in [3.05, 3.63) is 47.3 Å². The van der Waals surface area contributed by atoms with E-state index >= 15 is 0 Å². The highest BCUT2D eigenvalue weighted by Crippen LogP contribution is 2.30. The third-order valence-corrected chi connectivity index (χ3v) is 6.12. The van der Waals surface area contributed by atoms with E-state index in [-0.39, 0.29) is 5.91 Å². The van der Waals surface area contributed by atoms with Crippen LogP contribution in [-0.4, -0.2) is 46.3 Å². The molecule has 2 saturated heterocycles. The second-order valence-electron chi connectivity index (χ2n) is 8.10. The Balaban J connectivity index is 1.42. The summed E-state index contributed by atoms with van der Waals surface area (Å²) in [5.41, 5.74) is 3.70. The normalized spacial score (nSPS) is 23.0. The highest BCUT2D eigenvalue weighted by Gasteiger charge is 2.32. The highest BCUT2D eigenvalue weighted by molar-refractivity contribution is 5.94. The molecule has 2 aliphatic heterocycles. The Morgan fingerprint density at radius 2 is 2.00 bits per heavy atom. The fourth-order valence-corrected chi connectivity index (χ4v) is 4.81. The van der Waals surface area contributed by atoms with Crippen molar-refractivity contribution < 1.29 is 4.79 Å². The van der Waals surface area contributed by atoms with Gasteiger partial charge in [-0.1, -0.05) is 12.5 Å². The fraction of sp³-hybridized carbons (Fsp3) is 0.545. The summed E-state index contributed by atoms with van der Waals surface area (Å²) in [6.45, 7) is 7.27. The van der Waals surface area contributed by atoms with Gasteiger partial charge in [-0.05, 0) is 82.8 Å². The molecule has 3 heterocycles. The van der Waals surface area contributed by atoms with Crippen LogP contribution in [-0.2, 0) is 0 Å². The zero-order chi connectivity index (χ0) is 18.8. The Kier molecular flexibility index (Phi) is 5.30. The average Bonchev–Trinajstić information content (AvgIpc) is 3.04. The first kappa shape index (κ1) is 18.2. The summed E-state index contributed by atoms with van der Waals surface area (Å²) < 4.78 is 1.90. The van der Waals surface area contributed by atoms with Crippen molar-refractivity contribution in [3.8, 4) is 5.69 Å². The number of hydrogen-bond acceptors (Lipinski definition) is 3. The summed E-state index contributed by atoms with van der Waals surface area (Å²) >= 11 is 0. The van der Waals surface area contributed by atoms with Crippen molar-refractivity contribution in [1.29, 1.82) is 0 Å². The maximum absolute atomic E-state index is 12.8. The smallest absolute Gasteiger partial charge is 0.251 e. The number of benzene rings is 1. The predicted molar refractivity (Wildman–Crippen MR) is 107 cm³/mol. The highest BCUT2D eigenvalue weighted by atomic mass is 16.1. The van der Waals surface area contributed by atoms with Crippen molar-refractivity contribution >= 4 is 5.91 Å². The quantitative estimate of drug-likeness (QED) is 0.901. The van der Waals surface area contributed by atoms with Crippen molar-refractivity contribution in [2.45, 2.75) is 52.0 Å². The molecule has 1 aromatic heterocycles. The third kappa shape index (κ3) is 3.93. The van der Waals surface area contributed by atoms with Crippen LogP contribution in [0.25, 0.3) is 5.69 Å². The number of hydrogen-bond donors (Lipinski definition) is 1. The largest absolute Gasteiger partial charge is 0.352 e. The van der Waals surface area contributed by atoms with Crippen LogP contribution < -0.4 is 5.32 Å². The molecule has 0 radical (unpaired) electrons. The molecular weight excluding hydrogens is 336 g/mol. The van der Waals surface area contributed by atoms with Crippen LogP contribution in [0.3, 0.4) is 0 Å². The molecule has 27 heavy (non-hydrogen) atoms. The number of amides is 1. The first-order valence-electron chi connectivity index (χ1n) is 10.3. The molecule has 0 saturated carbocycles. The Morgan fingerprint density at radius 3 is 2.81 bits per heavy atom. The number of fused-ring (bicyclic) bond motifs is 1. The molecule has 2 atom stereocenters. The maximum Gasteiger partial charge on any atom is 0.251 e. The Bertz CT molecular complexity index is 810. The average molecular weight is 367 g/mol. The van der Waals surface area contributed by atoms with E-state index in [1.807, 2.05) is 48.9 Å². The molecule has 1 N–H and O–H groups in total. The number of carbonyl (C=O) groups excluding carboxylic acids is 1. The minimum Gasteiger partial charge on any atom is -0.352 e. The standard InChI is InChI=1S/C22H30N4O/c1-16-13-17(2)26(24-16)20-9-5-7-18(14-20)22(27)23-15-19-8-6-12-25-11-4-3-10-21(19)25/h5,7,9,13-14,19,21H,3-4,6,8,10-12,15H2,1-2H3,(H,23,27)/t19-,21-/m1/s1. The van der Waals surface area contributed by atoms with Gasteiger partial charge < -0.3 is 10.2 Å². The van der Waals surface area contributed by atoms with Crippen molar-refractivity contribution in [1.82, 2.24) is 20.0 Å². The Hall–Kier alpha value is -2.14. The Labute approximate surface area is 161 Å². The maximum atomic E-state index is 12.8. The lowest BCUT2D eigenvalue weighted by molar-refractivity contribution is 0.0575. The van der Waals surface area contributed by atoms with Gasteiger partial charge in [-0.3, -0.25) is 4.79 Å². The van der Waals surface area contributed by atoms with Crippen LogP contribution in [0.15, 0.2) is 30.3 Å². The zero-order valence-corrected chi connectivity index (χ0v) is 16.4. The summed E-state index contributed by atoms with van der Waals surface area (Å²) in [4.78, 5) is 15.4. The summed E-state index contributed by atoms with van der Waals surface area (Å²) in [5.74, 6) is 0.605. The molecule has 4 rings (SSSR count). The van der Waals surface area contributed by atoms with Crippen LogP contribution in [0.4, 0.5) is 0 Å². The molecule has 0 aliphatic carbocycles. The number of nitrogens with zero attached hydrogens (tertiary/aromatic N) is 3. The van der Waals surface area contributed by atoms with E-state index in [1.54, 1.807) is 0 Å². The monoisotopic (exact) mass is 366 g/mol. The van der Waals surface area contributed by atoms with Gasteiger partial charge >= 0.3 is 0 Å². The van der Waals surface area contributed by atoms with Gasteiger partial charge in [-0.15, -0.1) is 0 Å². The number of rotatable bonds is 4. The Morgan fingerprint density at radius 1 is 1.15 bits per heavy atom. The van der Waals surface area contributed by atoms with Crippen LogP contribution >= 0.6 is 0 Å². The topological polar surface area (TPSA) is 50.2 Å². The van der Waals surface area contributed by atoms with Gasteiger partial charge in [-0.25, -0.2) is 4.68 Å². The molecule has 144 valence electrons. The molecule has 2 aliphatic rings. The molecule has 5 heteroatoms. The number of aromatic nitrogens is 2. The van der Waals surface area contributed by atoms with E-state index in [0.29, 0.717) is 17.5 Å². The van der Waals surface area contributed by atoms with Crippen molar-refractivity contribution in [2.24, 2.45) is 5.92 Å². The molecular formula is C22H30N4O. The van der Waals surface area contributed by atoms with E-state index in [4.69, 9.17) is 0 Å². The molecule has 0 spiro atoms. The minimum absolute atomic E-state index is 0.0197. The number of aryl methyl sites for hydroxylation is 2. The van der Waals surface area contributed by atoms with Crippen LogP contribution in [0.1, 0.15) is 53.8 Å². The summed E-state index contributed by atoms with van der Waals surface area (Å²) in [6.07, 6.45) is 6.43. The van der Waals surface area contributed by atoms with Gasteiger partial charge in [0.25, 0.3) is 5.91 Å². The first-order chi connectivity index (χ1) is 13.1. The molecule has 0 bridgehead atoms. The molecule has 1 amide bonds. The fourth-order valence-electron chi connectivity index (χ4n) is 4.81. The van der Waals surface area contributed by atoms with Crippen LogP contribution in [0.5, 0.6) is 0 Å². The molecule has 5 nitrogen and oxygen atoms in total. The van der Waals surface area contributed by atoms with E-state index < -0.39 is 0 Å². The minimum atomic E-state index is 0.0197. The SMILES string of the molecule is Cc1cc(C)n(-c2cccc(C(=O)NC[C@H]3CCCN4CCCC[C@H]34)c2)n1. The lowest BCUT2D eigenvalue weighted by atomic mass is 9.83. The second-order valence-corrected chi connectivity index (χ2v) is 8.10. The lowest BCUT2D eigenvalue weighted by Crippen LogP contribution is -2.51. The van der Waals surface area contributed by atoms with Gasteiger partial charge in [-0.2, -0.15) is 5.10 Å². The van der Waals surface area contributed by atoms with E-state index in [1.165, 1.54) is 45.2 Å². The summed E-state index contributed by atoms with van der Waals surface area (Å²) in [6, 6.07) is 10.5. The van der Waals surface area contributed by atoms with Crippen molar-refractivity contribution in [2.75, 3.05) is 19.6 Å². The zero-order valence-electron chi connectivity index (χ0n) is 16.4. The first-order valence-corrected chi connectivity index (χ1v) is 10.3. The van der Waals surface area contributed by atoms with Crippen LogP contribution in [0, 0.1) is 19.8 Å². The summed E-state index contributed by atoms with van der Waals surface area (Å²) in [7, 11) is 0. The van der Waals surface area contributed by atoms with E-state index in [9.17, 15) is 4.79 Å². The van der Waals surface area contributed by atoms with Crippen molar-refractivity contribution in [3.63, 3.8) is 0 Å². The second kappa shape index (κ2) is 7.85. The van der Waals surface area contributed by atoms with Gasteiger partial charge in [0.1, 0.15) is 0 Å². The van der Waals surface area contributed by atoms with Gasteiger partial charge in [0.15, 0.2) is 0 Å². The summed E-state index contributed by atoms with van der Waals surface area (Å²) in [5, 5.41) is 7.73. The van der Waals surface area contributed by atoms with E-state index in [2.05, 4.69) is 15.3 Å². The predicted octanol–water partition coefficient (Wildman–Crippen LogP) is 3.48.